The van der Waals surface area contributed by atoms with Gasteiger partial charge in [0.1, 0.15) is 15.6 Å². The van der Waals surface area contributed by atoms with Crippen molar-refractivity contribution in [3.63, 3.8) is 0 Å². The van der Waals surface area contributed by atoms with E-state index in [0.717, 1.165) is 17.2 Å². The summed E-state index contributed by atoms with van der Waals surface area (Å²) in [5.41, 5.74) is 0.849. The molecule has 6 nitrogen and oxygen atoms in total. The van der Waals surface area contributed by atoms with E-state index >= 15 is 0 Å². The number of thioether (sulfide) groups is 1. The first-order chi connectivity index (χ1) is 13.8. The molecule has 0 aliphatic heterocycles. The number of benzene rings is 2. The third-order valence-electron chi connectivity index (χ3n) is 3.63. The highest BCUT2D eigenvalue weighted by Crippen LogP contribution is 2.17. The highest BCUT2D eigenvalue weighted by Gasteiger charge is 2.05. The molecule has 0 aliphatic rings. The van der Waals surface area contributed by atoms with Crippen LogP contribution in [0.15, 0.2) is 64.5 Å². The lowest BCUT2D eigenvalue weighted by atomic mass is 10.3. The van der Waals surface area contributed by atoms with Crippen molar-refractivity contribution in [1.29, 1.82) is 0 Å². The second-order valence-electron chi connectivity index (χ2n) is 6.76. The van der Waals surface area contributed by atoms with Gasteiger partial charge in [-0.2, -0.15) is 0 Å². The summed E-state index contributed by atoms with van der Waals surface area (Å²) in [6, 6.07) is 17.8. The minimum Gasteiger partial charge on any atom is -0.491 e. The van der Waals surface area contributed by atoms with Gasteiger partial charge in [-0.1, -0.05) is 18.2 Å². The predicted molar refractivity (Wildman–Crippen MR) is 138 cm³/mol. The average Bonchev–Trinajstić information content (AvgIpc) is 2.66. The van der Waals surface area contributed by atoms with Crippen LogP contribution in [-0.2, 0) is 9.84 Å². The number of nitrogens with one attached hydrogen (secondary N) is 2. The molecular formula is C21H30IN3O3S2. The van der Waals surface area contributed by atoms with Crippen molar-refractivity contribution in [1.82, 2.24) is 5.32 Å². The standard InChI is InChI=1S/C21H29N3O3S2.HI/c1-17(2)27-19-11-9-18(10-12-19)24-21(23-14-16-29(3,25)26)22-13-15-28-20-7-5-4-6-8-20;/h4-12,17H,13-16H2,1-3H3,(H2,22,23,24);1H. The lowest BCUT2D eigenvalue weighted by molar-refractivity contribution is 0.242. The Morgan fingerprint density at radius 1 is 1.10 bits per heavy atom. The van der Waals surface area contributed by atoms with Gasteiger partial charge in [0.25, 0.3) is 0 Å². The number of guanidine groups is 1. The number of hydrogen-bond acceptors (Lipinski definition) is 5. The fourth-order valence-electron chi connectivity index (χ4n) is 2.34. The van der Waals surface area contributed by atoms with Crippen LogP contribution in [0, 0.1) is 0 Å². The zero-order valence-corrected chi connectivity index (χ0v) is 21.5. The molecule has 166 valence electrons. The van der Waals surface area contributed by atoms with Gasteiger partial charge in [-0.05, 0) is 50.2 Å². The van der Waals surface area contributed by atoms with Crippen molar-refractivity contribution >= 4 is 57.2 Å². The van der Waals surface area contributed by atoms with Crippen LogP contribution in [0.5, 0.6) is 5.75 Å². The van der Waals surface area contributed by atoms with Gasteiger partial charge >= 0.3 is 0 Å². The first-order valence-corrected chi connectivity index (χ1v) is 12.5. The maximum absolute atomic E-state index is 11.4. The third kappa shape index (κ3) is 11.7. The Balaban J connectivity index is 0.00000450. The van der Waals surface area contributed by atoms with Gasteiger partial charge in [0.05, 0.1) is 18.4 Å². The minimum atomic E-state index is -3.05. The number of anilines is 1. The van der Waals surface area contributed by atoms with Crippen molar-refractivity contribution in [3.8, 4) is 5.75 Å². The quantitative estimate of drug-likeness (QED) is 0.148. The highest BCUT2D eigenvalue weighted by atomic mass is 127. The van der Waals surface area contributed by atoms with Gasteiger partial charge in [-0.15, -0.1) is 35.7 Å². The molecule has 2 rings (SSSR count). The zero-order valence-electron chi connectivity index (χ0n) is 17.5. The Bertz CT molecular complexity index is 874. The van der Waals surface area contributed by atoms with Gasteiger partial charge in [-0.3, -0.25) is 4.99 Å². The van der Waals surface area contributed by atoms with E-state index in [9.17, 15) is 8.42 Å². The smallest absolute Gasteiger partial charge is 0.195 e. The van der Waals surface area contributed by atoms with E-state index in [-0.39, 0.29) is 42.4 Å². The topological polar surface area (TPSA) is 79.8 Å². The summed E-state index contributed by atoms with van der Waals surface area (Å²) in [4.78, 5) is 5.60. The highest BCUT2D eigenvalue weighted by molar-refractivity contribution is 14.0. The molecule has 0 spiro atoms. The van der Waals surface area contributed by atoms with Crippen LogP contribution < -0.4 is 15.4 Å². The lowest BCUT2D eigenvalue weighted by Crippen LogP contribution is -2.33. The first-order valence-electron chi connectivity index (χ1n) is 9.49. The molecule has 30 heavy (non-hydrogen) atoms. The number of rotatable bonds is 10. The average molecular weight is 564 g/mol. The second kappa shape index (κ2) is 13.8. The van der Waals surface area contributed by atoms with Gasteiger partial charge < -0.3 is 15.4 Å². The van der Waals surface area contributed by atoms with Crippen molar-refractivity contribution in [2.45, 2.75) is 24.8 Å². The number of sulfone groups is 1. The van der Waals surface area contributed by atoms with E-state index in [0.29, 0.717) is 12.5 Å². The molecule has 0 unspecified atom stereocenters. The number of nitrogens with zero attached hydrogens (tertiary/aromatic N) is 1. The first kappa shape index (κ1) is 26.6. The number of ether oxygens (including phenoxy) is 1. The third-order valence-corrected chi connectivity index (χ3v) is 5.57. The summed E-state index contributed by atoms with van der Waals surface area (Å²) in [6.45, 7) is 4.86. The van der Waals surface area contributed by atoms with Crippen molar-refractivity contribution in [3.05, 3.63) is 54.6 Å². The lowest BCUT2D eigenvalue weighted by Gasteiger charge is -2.14. The van der Waals surface area contributed by atoms with E-state index in [1.54, 1.807) is 11.8 Å². The van der Waals surface area contributed by atoms with Crippen LogP contribution in [0.4, 0.5) is 5.69 Å². The summed E-state index contributed by atoms with van der Waals surface area (Å²) in [5.74, 6) is 2.23. The van der Waals surface area contributed by atoms with Gasteiger partial charge in [0, 0.05) is 29.1 Å². The summed E-state index contributed by atoms with van der Waals surface area (Å²) in [6.07, 6.45) is 1.33. The van der Waals surface area contributed by atoms with E-state index in [4.69, 9.17) is 4.74 Å². The molecular weight excluding hydrogens is 533 g/mol. The van der Waals surface area contributed by atoms with Crippen LogP contribution in [0.3, 0.4) is 0 Å². The maximum Gasteiger partial charge on any atom is 0.195 e. The number of aliphatic imine (C=N–C) groups is 1. The molecule has 0 heterocycles. The molecule has 0 bridgehead atoms. The van der Waals surface area contributed by atoms with Gasteiger partial charge in [0.2, 0.25) is 0 Å². The summed E-state index contributed by atoms with van der Waals surface area (Å²) >= 11 is 1.75. The normalized spacial score (nSPS) is 11.7. The van der Waals surface area contributed by atoms with Crippen LogP contribution in [0.1, 0.15) is 13.8 Å². The molecule has 9 heteroatoms. The molecule has 0 radical (unpaired) electrons. The summed E-state index contributed by atoms with van der Waals surface area (Å²) in [5, 5.41) is 6.49. The molecule has 0 fully saturated rings. The van der Waals surface area contributed by atoms with Crippen molar-refractivity contribution < 1.29 is 13.2 Å². The van der Waals surface area contributed by atoms with E-state index in [1.165, 1.54) is 11.2 Å². The molecule has 0 aromatic heterocycles. The fourth-order valence-corrected chi connectivity index (χ4v) is 3.56. The molecule has 0 atom stereocenters. The number of hydrogen-bond donors (Lipinski definition) is 2. The monoisotopic (exact) mass is 563 g/mol. The van der Waals surface area contributed by atoms with Gasteiger partial charge in [-0.25, -0.2) is 8.42 Å². The Hall–Kier alpha value is -1.46. The SMILES string of the molecule is CC(C)Oc1ccc(NC(=NCCS(C)(=O)=O)NCCSc2ccccc2)cc1.I. The molecule has 2 aromatic carbocycles. The van der Waals surface area contributed by atoms with Crippen molar-refractivity contribution in [2.24, 2.45) is 4.99 Å². The Morgan fingerprint density at radius 3 is 2.37 bits per heavy atom. The van der Waals surface area contributed by atoms with E-state index < -0.39 is 9.84 Å². The fraction of sp³-hybridized carbons (Fsp3) is 0.381. The van der Waals surface area contributed by atoms with Crippen LogP contribution in [0.25, 0.3) is 0 Å². The van der Waals surface area contributed by atoms with E-state index in [2.05, 4.69) is 27.8 Å². The summed E-state index contributed by atoms with van der Waals surface area (Å²) in [7, 11) is -3.05. The molecule has 2 aromatic rings. The Morgan fingerprint density at radius 2 is 1.77 bits per heavy atom. The van der Waals surface area contributed by atoms with Crippen molar-refractivity contribution in [2.75, 3.05) is 36.2 Å². The minimum absolute atomic E-state index is 0. The molecule has 0 saturated carbocycles. The predicted octanol–water partition coefficient (Wildman–Crippen LogP) is 4.29. The van der Waals surface area contributed by atoms with Crippen LogP contribution in [0.2, 0.25) is 0 Å². The second-order valence-corrected chi connectivity index (χ2v) is 10.2. The molecule has 0 saturated heterocycles. The maximum atomic E-state index is 11.4. The largest absolute Gasteiger partial charge is 0.491 e. The molecule has 0 aliphatic carbocycles. The molecule has 2 N–H and O–H groups in total. The Kier molecular flexibility index (Phi) is 12.2. The Labute approximate surface area is 201 Å². The zero-order chi connectivity index (χ0) is 21.1. The van der Waals surface area contributed by atoms with Gasteiger partial charge in [0.15, 0.2) is 5.96 Å². The van der Waals surface area contributed by atoms with Crippen LogP contribution >= 0.6 is 35.7 Å². The number of halogens is 1. The van der Waals surface area contributed by atoms with E-state index in [1.807, 2.05) is 56.3 Å². The van der Waals surface area contributed by atoms with Crippen LogP contribution in [-0.4, -0.2) is 51.3 Å². The summed E-state index contributed by atoms with van der Waals surface area (Å²) < 4.78 is 28.4. The molecule has 0 amide bonds.